The Morgan fingerprint density at radius 2 is 1.96 bits per heavy atom. The summed E-state index contributed by atoms with van der Waals surface area (Å²) in [6.45, 7) is 6.89. The summed E-state index contributed by atoms with van der Waals surface area (Å²) in [5.74, 6) is -0.0845. The van der Waals surface area contributed by atoms with E-state index in [1.165, 1.54) is 0 Å². The molecule has 0 saturated carbocycles. The molecule has 6 heteroatoms. The number of ether oxygens (including phenoxy) is 3. The molecule has 2 aliphatic heterocycles. The van der Waals surface area contributed by atoms with Crippen molar-refractivity contribution in [1.82, 2.24) is 5.32 Å². The topological polar surface area (TPSA) is 60.0 Å². The summed E-state index contributed by atoms with van der Waals surface area (Å²) in [5, 5.41) is 3.01. The summed E-state index contributed by atoms with van der Waals surface area (Å²) in [6, 6.07) is 7.63. The second-order valence-electron chi connectivity index (χ2n) is 5.76. The molecule has 2 saturated heterocycles. The van der Waals surface area contributed by atoms with Gasteiger partial charge in [0.05, 0.1) is 32.5 Å². The van der Waals surface area contributed by atoms with E-state index in [2.05, 4.69) is 10.2 Å². The molecule has 0 unspecified atom stereocenters. The third-order valence-electron chi connectivity index (χ3n) is 4.23. The van der Waals surface area contributed by atoms with E-state index >= 15 is 0 Å². The van der Waals surface area contributed by atoms with Crippen LogP contribution >= 0.6 is 0 Å². The van der Waals surface area contributed by atoms with Crippen molar-refractivity contribution in [2.45, 2.75) is 19.1 Å². The van der Waals surface area contributed by atoms with Gasteiger partial charge in [-0.1, -0.05) is 0 Å². The number of morpholine rings is 1. The number of carbonyl (C=O) groups is 1. The highest BCUT2D eigenvalue weighted by molar-refractivity contribution is 5.94. The lowest BCUT2D eigenvalue weighted by atomic mass is 10.1. The second kappa shape index (κ2) is 7.77. The van der Waals surface area contributed by atoms with E-state index in [9.17, 15) is 4.79 Å². The monoisotopic (exact) mass is 320 g/mol. The van der Waals surface area contributed by atoms with Gasteiger partial charge in [-0.3, -0.25) is 4.79 Å². The maximum atomic E-state index is 12.4. The van der Waals surface area contributed by atoms with Gasteiger partial charge < -0.3 is 24.4 Å². The van der Waals surface area contributed by atoms with Crippen molar-refractivity contribution >= 4 is 11.6 Å². The van der Waals surface area contributed by atoms with Crippen molar-refractivity contribution in [2.24, 2.45) is 0 Å². The molecule has 2 fully saturated rings. The van der Waals surface area contributed by atoms with Crippen LogP contribution in [-0.4, -0.2) is 64.2 Å². The highest BCUT2D eigenvalue weighted by Gasteiger charge is 2.30. The number of rotatable bonds is 5. The first-order valence-corrected chi connectivity index (χ1v) is 8.21. The fraction of sp³-hybridized carbons (Fsp3) is 0.588. The van der Waals surface area contributed by atoms with Crippen LogP contribution in [0.3, 0.4) is 0 Å². The van der Waals surface area contributed by atoms with Gasteiger partial charge in [0.15, 0.2) is 0 Å². The van der Waals surface area contributed by atoms with Gasteiger partial charge in [0.2, 0.25) is 0 Å². The minimum atomic E-state index is -0.0845. The van der Waals surface area contributed by atoms with Crippen molar-refractivity contribution in [3.63, 3.8) is 0 Å². The first kappa shape index (κ1) is 16.2. The van der Waals surface area contributed by atoms with E-state index in [4.69, 9.17) is 14.2 Å². The first-order valence-electron chi connectivity index (χ1n) is 8.21. The van der Waals surface area contributed by atoms with Crippen LogP contribution in [0.1, 0.15) is 17.3 Å². The Balaban J connectivity index is 1.59. The molecule has 1 N–H and O–H groups in total. The molecule has 23 heavy (non-hydrogen) atoms. The Morgan fingerprint density at radius 1 is 1.22 bits per heavy atom. The zero-order chi connectivity index (χ0) is 16.1. The Hall–Kier alpha value is -1.63. The summed E-state index contributed by atoms with van der Waals surface area (Å²) >= 11 is 0. The van der Waals surface area contributed by atoms with E-state index < -0.39 is 0 Å². The van der Waals surface area contributed by atoms with Crippen LogP contribution in [0.5, 0.6) is 0 Å². The van der Waals surface area contributed by atoms with Gasteiger partial charge in [0, 0.05) is 30.9 Å². The second-order valence-corrected chi connectivity index (χ2v) is 5.76. The predicted molar refractivity (Wildman–Crippen MR) is 87.0 cm³/mol. The van der Waals surface area contributed by atoms with Crippen LogP contribution in [-0.2, 0) is 14.2 Å². The highest BCUT2D eigenvalue weighted by Crippen LogP contribution is 2.17. The average molecular weight is 320 g/mol. The lowest BCUT2D eigenvalue weighted by Crippen LogP contribution is -2.43. The molecular formula is C17H24N2O4. The summed E-state index contributed by atoms with van der Waals surface area (Å²) in [7, 11) is 0. The summed E-state index contributed by atoms with van der Waals surface area (Å²) in [4.78, 5) is 14.6. The SMILES string of the molecule is CCO[C@@H]1COC[C@H]1NC(=O)c1ccc(N2CCOCC2)cc1. The molecule has 1 aromatic rings. The Bertz CT molecular complexity index is 514. The number of benzene rings is 1. The molecule has 126 valence electrons. The molecule has 1 amide bonds. The van der Waals surface area contributed by atoms with Crippen molar-refractivity contribution in [2.75, 3.05) is 51.0 Å². The highest BCUT2D eigenvalue weighted by atomic mass is 16.5. The third-order valence-corrected chi connectivity index (χ3v) is 4.23. The fourth-order valence-corrected chi connectivity index (χ4v) is 2.94. The van der Waals surface area contributed by atoms with Crippen LogP contribution in [0, 0.1) is 0 Å². The van der Waals surface area contributed by atoms with Crippen molar-refractivity contribution in [1.29, 1.82) is 0 Å². The van der Waals surface area contributed by atoms with Gasteiger partial charge in [0.25, 0.3) is 5.91 Å². The molecule has 0 radical (unpaired) electrons. The van der Waals surface area contributed by atoms with Crippen LogP contribution in [0.25, 0.3) is 0 Å². The molecular weight excluding hydrogens is 296 g/mol. The van der Waals surface area contributed by atoms with Gasteiger partial charge in [-0.2, -0.15) is 0 Å². The Morgan fingerprint density at radius 3 is 2.65 bits per heavy atom. The smallest absolute Gasteiger partial charge is 0.251 e. The number of nitrogens with one attached hydrogen (secondary N) is 1. The van der Waals surface area contributed by atoms with E-state index in [0.29, 0.717) is 25.4 Å². The molecule has 6 nitrogen and oxygen atoms in total. The van der Waals surface area contributed by atoms with E-state index in [0.717, 1.165) is 32.0 Å². The van der Waals surface area contributed by atoms with Gasteiger partial charge in [-0.25, -0.2) is 0 Å². The minimum absolute atomic E-state index is 0.0587. The van der Waals surface area contributed by atoms with Crippen LogP contribution < -0.4 is 10.2 Å². The zero-order valence-corrected chi connectivity index (χ0v) is 13.5. The number of hydrogen-bond donors (Lipinski definition) is 1. The molecule has 2 heterocycles. The number of hydrogen-bond acceptors (Lipinski definition) is 5. The van der Waals surface area contributed by atoms with E-state index in [-0.39, 0.29) is 18.1 Å². The molecule has 0 bridgehead atoms. The maximum Gasteiger partial charge on any atom is 0.251 e. The van der Waals surface area contributed by atoms with Gasteiger partial charge in [0.1, 0.15) is 6.10 Å². The number of amides is 1. The molecule has 2 atom stereocenters. The van der Waals surface area contributed by atoms with Gasteiger partial charge in [-0.05, 0) is 31.2 Å². The molecule has 2 aliphatic rings. The number of anilines is 1. The fourth-order valence-electron chi connectivity index (χ4n) is 2.94. The van der Waals surface area contributed by atoms with Crippen molar-refractivity contribution in [3.8, 4) is 0 Å². The van der Waals surface area contributed by atoms with Crippen molar-refractivity contribution in [3.05, 3.63) is 29.8 Å². The lowest BCUT2D eigenvalue weighted by molar-refractivity contribution is 0.0402. The standard InChI is InChI=1S/C17H24N2O4/c1-2-23-16-12-22-11-15(16)18-17(20)13-3-5-14(6-4-13)19-7-9-21-10-8-19/h3-6,15-16H,2,7-12H2,1H3,(H,18,20)/t15-,16-/m1/s1. The van der Waals surface area contributed by atoms with Gasteiger partial charge in [-0.15, -0.1) is 0 Å². The summed E-state index contributed by atoms with van der Waals surface area (Å²) in [6.07, 6.45) is -0.0587. The quantitative estimate of drug-likeness (QED) is 0.879. The third kappa shape index (κ3) is 4.02. The maximum absolute atomic E-state index is 12.4. The Kier molecular flexibility index (Phi) is 5.48. The van der Waals surface area contributed by atoms with Crippen LogP contribution in [0.15, 0.2) is 24.3 Å². The van der Waals surface area contributed by atoms with Crippen LogP contribution in [0.4, 0.5) is 5.69 Å². The molecule has 0 aromatic heterocycles. The first-order chi connectivity index (χ1) is 11.3. The van der Waals surface area contributed by atoms with Gasteiger partial charge >= 0.3 is 0 Å². The normalized spacial score (nSPS) is 24.7. The molecule has 0 spiro atoms. The largest absolute Gasteiger partial charge is 0.378 e. The lowest BCUT2D eigenvalue weighted by Gasteiger charge is -2.28. The average Bonchev–Trinajstić information content (AvgIpc) is 3.03. The molecule has 1 aromatic carbocycles. The Labute approximate surface area is 136 Å². The summed E-state index contributed by atoms with van der Waals surface area (Å²) in [5.41, 5.74) is 1.78. The zero-order valence-electron chi connectivity index (χ0n) is 13.5. The van der Waals surface area contributed by atoms with Crippen molar-refractivity contribution < 1.29 is 19.0 Å². The minimum Gasteiger partial charge on any atom is -0.378 e. The predicted octanol–water partition coefficient (Wildman–Crippen LogP) is 1.06. The van der Waals surface area contributed by atoms with E-state index in [1.807, 2.05) is 31.2 Å². The summed E-state index contributed by atoms with van der Waals surface area (Å²) < 4.78 is 16.3. The molecule has 0 aliphatic carbocycles. The molecule has 3 rings (SSSR count). The van der Waals surface area contributed by atoms with E-state index in [1.54, 1.807) is 0 Å². The van der Waals surface area contributed by atoms with Crippen LogP contribution in [0.2, 0.25) is 0 Å². The number of carbonyl (C=O) groups excluding carboxylic acids is 1. The number of nitrogens with zero attached hydrogens (tertiary/aromatic N) is 1.